The molecule has 0 saturated heterocycles. The topological polar surface area (TPSA) is 39.2 Å². The monoisotopic (exact) mass is 291 g/mol. The molecule has 0 amide bonds. The molecule has 0 radical (unpaired) electrons. The molecule has 1 atom stereocenters. The normalized spacial score (nSPS) is 13.1. The number of hydrogen-bond donors (Lipinski definition) is 1. The average molecular weight is 293 g/mol. The molecule has 0 bridgehead atoms. The van der Waals surface area contributed by atoms with Crippen LogP contribution in [0.1, 0.15) is 16.5 Å². The van der Waals surface area contributed by atoms with Gasteiger partial charge < -0.3 is 10.2 Å². The van der Waals surface area contributed by atoms with E-state index in [1.807, 2.05) is 12.1 Å². The zero-order chi connectivity index (χ0) is 10.1. The van der Waals surface area contributed by atoms with Gasteiger partial charge in [0.1, 0.15) is 0 Å². The van der Waals surface area contributed by atoms with Crippen molar-refractivity contribution in [1.29, 1.82) is 0 Å². The lowest BCUT2D eigenvalue weighted by atomic mass is 10.1. The van der Waals surface area contributed by atoms with E-state index in [4.69, 9.17) is 21.8 Å². The summed E-state index contributed by atoms with van der Waals surface area (Å²) < 4.78 is 5.88. The Kier molecular flexibility index (Phi) is 2.97. The summed E-state index contributed by atoms with van der Waals surface area (Å²) >= 11 is 10.8. The molecule has 0 saturated carbocycles. The van der Waals surface area contributed by atoms with E-state index in [9.17, 15) is 0 Å². The number of rotatable bonds is 2. The van der Waals surface area contributed by atoms with Crippen molar-refractivity contribution in [2.24, 2.45) is 5.73 Å². The first-order valence-corrected chi connectivity index (χ1v) is 5.89. The van der Waals surface area contributed by atoms with E-state index in [0.717, 1.165) is 14.2 Å². The van der Waals surface area contributed by atoms with Gasteiger partial charge >= 0.3 is 0 Å². The van der Waals surface area contributed by atoms with Crippen molar-refractivity contribution >= 4 is 38.9 Å². The molecule has 0 aromatic carbocycles. The molecule has 0 fully saturated rings. The molecule has 2 rings (SSSR count). The van der Waals surface area contributed by atoms with Crippen molar-refractivity contribution in [1.82, 2.24) is 0 Å². The highest BCUT2D eigenvalue weighted by molar-refractivity contribution is 9.11. The molecule has 0 aliphatic carbocycles. The van der Waals surface area contributed by atoms with Crippen LogP contribution >= 0.6 is 38.9 Å². The van der Waals surface area contributed by atoms with Crippen molar-refractivity contribution in [3.8, 4) is 0 Å². The van der Waals surface area contributed by atoms with E-state index in [2.05, 4.69) is 15.9 Å². The van der Waals surface area contributed by atoms with Crippen molar-refractivity contribution in [2.75, 3.05) is 0 Å². The Morgan fingerprint density at radius 2 is 2.36 bits per heavy atom. The number of halogens is 2. The molecular formula is C9H7BrClNOS. The molecule has 1 unspecified atom stereocenters. The lowest BCUT2D eigenvalue weighted by molar-refractivity contribution is 0.562. The third kappa shape index (κ3) is 1.88. The second kappa shape index (κ2) is 4.06. The van der Waals surface area contributed by atoms with Crippen LogP contribution in [0.2, 0.25) is 5.02 Å². The Labute approximate surface area is 98.8 Å². The molecular weight excluding hydrogens is 286 g/mol. The first-order valence-electron chi connectivity index (χ1n) is 3.91. The molecule has 2 N–H and O–H groups in total. The summed E-state index contributed by atoms with van der Waals surface area (Å²) in [6.45, 7) is 0. The van der Waals surface area contributed by atoms with Gasteiger partial charge in [0.05, 0.1) is 27.4 Å². The van der Waals surface area contributed by atoms with Crippen LogP contribution in [0.25, 0.3) is 0 Å². The Morgan fingerprint density at radius 3 is 2.86 bits per heavy atom. The summed E-state index contributed by atoms with van der Waals surface area (Å²) in [7, 11) is 0. The highest BCUT2D eigenvalue weighted by Gasteiger charge is 2.14. The molecule has 0 aliphatic rings. The molecule has 5 heteroatoms. The molecule has 2 aromatic rings. The first-order chi connectivity index (χ1) is 6.68. The third-order valence-electron chi connectivity index (χ3n) is 1.87. The predicted octanol–water partition coefficient (Wildman–Crippen LogP) is 3.81. The van der Waals surface area contributed by atoms with Gasteiger partial charge in [-0.3, -0.25) is 0 Å². The van der Waals surface area contributed by atoms with E-state index < -0.39 is 0 Å². The average Bonchev–Trinajstić information content (AvgIpc) is 2.76. The summed E-state index contributed by atoms with van der Waals surface area (Å²) in [6, 6.07) is 3.56. The van der Waals surface area contributed by atoms with Gasteiger partial charge in [-0.05, 0) is 28.1 Å². The second-order valence-electron chi connectivity index (χ2n) is 2.80. The molecule has 74 valence electrons. The Morgan fingerprint density at radius 1 is 1.57 bits per heavy atom. The number of furan rings is 1. The van der Waals surface area contributed by atoms with Crippen LogP contribution < -0.4 is 5.73 Å². The predicted molar refractivity (Wildman–Crippen MR) is 61.8 cm³/mol. The molecule has 2 aromatic heterocycles. The number of hydrogen-bond acceptors (Lipinski definition) is 3. The Balaban J connectivity index is 2.32. The minimum atomic E-state index is -0.164. The van der Waals surface area contributed by atoms with Gasteiger partial charge in [0.15, 0.2) is 0 Å². The fourth-order valence-corrected chi connectivity index (χ4v) is 2.91. The Bertz CT molecular complexity index is 406. The maximum atomic E-state index is 6.01. The largest absolute Gasteiger partial charge is 0.472 e. The number of nitrogens with two attached hydrogens (primary N) is 1. The lowest BCUT2D eigenvalue weighted by Crippen LogP contribution is -2.08. The van der Waals surface area contributed by atoms with Crippen molar-refractivity contribution in [3.63, 3.8) is 0 Å². The van der Waals surface area contributed by atoms with Gasteiger partial charge in [0.25, 0.3) is 0 Å². The van der Waals surface area contributed by atoms with Gasteiger partial charge in [-0.2, -0.15) is 0 Å². The van der Waals surface area contributed by atoms with Gasteiger partial charge in [-0.15, -0.1) is 11.3 Å². The minimum absolute atomic E-state index is 0.164. The quantitative estimate of drug-likeness (QED) is 0.914. The molecule has 2 nitrogen and oxygen atoms in total. The number of thiophene rings is 1. The van der Waals surface area contributed by atoms with Crippen LogP contribution in [-0.4, -0.2) is 0 Å². The maximum absolute atomic E-state index is 6.01. The molecule has 14 heavy (non-hydrogen) atoms. The summed E-state index contributed by atoms with van der Waals surface area (Å²) in [4.78, 5) is 1.02. The second-order valence-corrected chi connectivity index (χ2v) is 5.61. The van der Waals surface area contributed by atoms with Crippen molar-refractivity contribution in [3.05, 3.63) is 43.9 Å². The smallest absolute Gasteiger partial charge is 0.0954 e. The van der Waals surface area contributed by atoms with Crippen LogP contribution in [0.4, 0.5) is 0 Å². The summed E-state index contributed by atoms with van der Waals surface area (Å²) in [5, 5.41) is 0.698. The van der Waals surface area contributed by atoms with Gasteiger partial charge in [-0.25, -0.2) is 0 Å². The zero-order valence-corrected chi connectivity index (χ0v) is 10.2. The summed E-state index contributed by atoms with van der Waals surface area (Å²) in [5.41, 5.74) is 6.97. The van der Waals surface area contributed by atoms with Gasteiger partial charge in [0, 0.05) is 10.4 Å². The lowest BCUT2D eigenvalue weighted by Gasteiger charge is -2.04. The van der Waals surface area contributed by atoms with E-state index in [0.29, 0.717) is 5.02 Å². The molecule has 0 spiro atoms. The fourth-order valence-electron chi connectivity index (χ4n) is 1.13. The minimum Gasteiger partial charge on any atom is -0.472 e. The van der Waals surface area contributed by atoms with Crippen LogP contribution in [0.3, 0.4) is 0 Å². The van der Waals surface area contributed by atoms with Gasteiger partial charge in [-0.1, -0.05) is 11.6 Å². The SMILES string of the molecule is NC(c1ccoc1)c1cc(Cl)c(Br)s1. The van der Waals surface area contributed by atoms with Crippen LogP contribution in [-0.2, 0) is 0 Å². The Hall–Kier alpha value is -0.290. The fraction of sp³-hybridized carbons (Fsp3) is 0.111. The summed E-state index contributed by atoms with van der Waals surface area (Å²) in [6.07, 6.45) is 3.26. The summed E-state index contributed by atoms with van der Waals surface area (Å²) in [5.74, 6) is 0. The van der Waals surface area contributed by atoms with E-state index in [1.165, 1.54) is 11.3 Å². The molecule has 2 heterocycles. The van der Waals surface area contributed by atoms with Gasteiger partial charge in [0.2, 0.25) is 0 Å². The van der Waals surface area contributed by atoms with E-state index in [-0.39, 0.29) is 6.04 Å². The van der Waals surface area contributed by atoms with Crippen LogP contribution in [0.5, 0.6) is 0 Å². The van der Waals surface area contributed by atoms with Crippen LogP contribution in [0, 0.1) is 0 Å². The van der Waals surface area contributed by atoms with E-state index >= 15 is 0 Å². The molecule has 0 aliphatic heterocycles. The standard InChI is InChI=1S/C9H7BrClNOS/c10-9-6(11)3-7(14-9)8(12)5-1-2-13-4-5/h1-4,8H,12H2. The third-order valence-corrected chi connectivity index (χ3v) is 4.43. The zero-order valence-electron chi connectivity index (χ0n) is 7.04. The van der Waals surface area contributed by atoms with Crippen LogP contribution in [0.15, 0.2) is 32.9 Å². The van der Waals surface area contributed by atoms with Crippen molar-refractivity contribution < 1.29 is 4.42 Å². The highest BCUT2D eigenvalue weighted by Crippen LogP contribution is 2.36. The highest BCUT2D eigenvalue weighted by atomic mass is 79.9. The maximum Gasteiger partial charge on any atom is 0.0954 e. The first kappa shape index (κ1) is 10.2. The van der Waals surface area contributed by atoms with Crippen molar-refractivity contribution in [2.45, 2.75) is 6.04 Å². The van der Waals surface area contributed by atoms with E-state index in [1.54, 1.807) is 12.5 Å².